The maximum atomic E-state index is 16.3. The third kappa shape index (κ3) is 11.0. The fourth-order valence-corrected chi connectivity index (χ4v) is 8.37. The zero-order chi connectivity index (χ0) is 39.8. The predicted octanol–water partition coefficient (Wildman–Crippen LogP) is 8.28. The van der Waals surface area contributed by atoms with Crippen LogP contribution in [0.15, 0.2) is 60.3 Å². The van der Waals surface area contributed by atoms with Crippen molar-refractivity contribution in [2.45, 2.75) is 90.5 Å². The van der Waals surface area contributed by atoms with Crippen molar-refractivity contribution in [3.8, 4) is 0 Å². The van der Waals surface area contributed by atoms with E-state index in [-0.39, 0.29) is 53.8 Å². The number of aromatic nitrogens is 1. The second kappa shape index (κ2) is 18.3. The molecular weight excluding hydrogens is 762 g/mol. The minimum Gasteiger partial charge on any atom is -0.481 e. The molecule has 2 heterocycles. The molecule has 1 unspecified atom stereocenters. The summed E-state index contributed by atoms with van der Waals surface area (Å²) in [5.74, 6) is -2.81. The molecule has 0 fully saturated rings. The highest BCUT2D eigenvalue weighted by molar-refractivity contribution is 7.86. The highest BCUT2D eigenvalue weighted by Crippen LogP contribution is 2.54. The molecule has 0 radical (unpaired) electrons. The molecule has 10 nitrogen and oxygen atoms in total. The molecule has 0 amide bonds. The van der Waals surface area contributed by atoms with Gasteiger partial charge in [0.15, 0.2) is 5.82 Å². The van der Waals surface area contributed by atoms with Crippen LogP contribution in [0.25, 0.3) is 17.0 Å². The standard InChI is InChI=1S/C39H47ClF2N2O8S2/c1-27-28(2)37(42)38-35(36(27)41)39(3,21-9-12-24-53(47,48)49)33(44(38)23-10-5-8-16-34(45)46)15-7-4-6-14-31-20-18-29-17-19-30(40)26-32(29)43(31)22-11-13-25-54(50,51)52/h4,6-7,14-15,17-20,26H,5,8-13,16,21-25H2,1-3H3,(H2-,45,46,47,48,49,50,51,52)/p+1. The average Bonchev–Trinajstić information content (AvgIpc) is 3.33. The minimum absolute atomic E-state index is 0.00402. The van der Waals surface area contributed by atoms with Gasteiger partial charge in [0.2, 0.25) is 11.2 Å². The SMILES string of the molecule is Cc1c(C)c(F)c2c(c1F)N(CCCCCC(=O)O)/C(=C/C=C/C=C/c1ccc3ccc(Cl)cc3[n+]1CCCCS(=O)(=O)O)C2(C)CCCCS(=O)(=O)O. The van der Waals surface area contributed by atoms with E-state index in [2.05, 4.69) is 0 Å². The van der Waals surface area contributed by atoms with E-state index < -0.39 is 49.0 Å². The number of hydrogen-bond acceptors (Lipinski definition) is 6. The van der Waals surface area contributed by atoms with E-state index in [1.54, 1.807) is 35.3 Å². The number of unbranched alkanes of at least 4 members (excludes halogenated alkanes) is 4. The van der Waals surface area contributed by atoms with Crippen LogP contribution in [-0.4, -0.2) is 55.1 Å². The van der Waals surface area contributed by atoms with Crippen LogP contribution >= 0.6 is 11.6 Å². The van der Waals surface area contributed by atoms with Gasteiger partial charge in [-0.2, -0.15) is 21.4 Å². The molecule has 0 saturated carbocycles. The lowest BCUT2D eigenvalue weighted by molar-refractivity contribution is -0.673. The van der Waals surface area contributed by atoms with Gasteiger partial charge in [-0.05, 0) is 88.3 Å². The molecule has 1 aromatic heterocycles. The van der Waals surface area contributed by atoms with Crippen molar-refractivity contribution >= 4 is 60.5 Å². The Morgan fingerprint density at radius 3 is 2.19 bits per heavy atom. The first kappa shape index (κ1) is 43.0. The first-order valence-corrected chi connectivity index (χ1v) is 21.5. The number of aryl methyl sites for hydroxylation is 1. The maximum Gasteiger partial charge on any atom is 0.303 e. The van der Waals surface area contributed by atoms with Crippen LogP contribution in [0.3, 0.4) is 0 Å². The number of carbonyl (C=O) groups is 1. The molecule has 0 spiro atoms. The zero-order valence-corrected chi connectivity index (χ0v) is 33.1. The number of allylic oxidation sites excluding steroid dienone is 5. The fourth-order valence-electron chi connectivity index (χ4n) is 7.07. The highest BCUT2D eigenvalue weighted by Gasteiger charge is 2.47. The number of hydrogen-bond donors (Lipinski definition) is 3. The summed E-state index contributed by atoms with van der Waals surface area (Å²) >= 11 is 6.32. The first-order valence-electron chi connectivity index (χ1n) is 17.9. The molecule has 0 bridgehead atoms. The van der Waals surface area contributed by atoms with Gasteiger partial charge in [-0.3, -0.25) is 13.9 Å². The lowest BCUT2D eigenvalue weighted by atomic mass is 9.76. The Morgan fingerprint density at radius 2 is 1.52 bits per heavy atom. The number of aliphatic carboxylic acids is 1. The lowest BCUT2D eigenvalue weighted by Crippen LogP contribution is -2.38. The Balaban J connectivity index is 1.73. The number of rotatable bonds is 19. The Labute approximate surface area is 321 Å². The number of fused-ring (bicyclic) bond motifs is 2. The zero-order valence-electron chi connectivity index (χ0n) is 30.7. The molecule has 0 saturated heterocycles. The third-order valence-electron chi connectivity index (χ3n) is 9.97. The number of carboxylic acid groups (broad SMARTS) is 1. The smallest absolute Gasteiger partial charge is 0.303 e. The summed E-state index contributed by atoms with van der Waals surface area (Å²) in [7, 11) is -8.30. The van der Waals surface area contributed by atoms with Gasteiger partial charge < -0.3 is 10.0 Å². The second-order valence-corrected chi connectivity index (χ2v) is 17.5. The molecule has 3 N–H and O–H groups in total. The van der Waals surface area contributed by atoms with Gasteiger partial charge in [0.25, 0.3) is 20.2 Å². The summed E-state index contributed by atoms with van der Waals surface area (Å²) < 4.78 is 98.4. The molecule has 54 heavy (non-hydrogen) atoms. The lowest BCUT2D eigenvalue weighted by Gasteiger charge is -2.30. The molecule has 0 aliphatic carbocycles. The summed E-state index contributed by atoms with van der Waals surface area (Å²) in [6, 6.07) is 9.35. The summed E-state index contributed by atoms with van der Waals surface area (Å²) in [5, 5.41) is 10.6. The Hall–Kier alpha value is -3.69. The van der Waals surface area contributed by atoms with E-state index in [1.807, 2.05) is 41.8 Å². The summed E-state index contributed by atoms with van der Waals surface area (Å²) in [6.45, 7) is 5.60. The van der Waals surface area contributed by atoms with Crippen LogP contribution in [0, 0.1) is 25.5 Å². The van der Waals surface area contributed by atoms with Gasteiger partial charge >= 0.3 is 5.97 Å². The molecular formula is C39H48ClF2N2O8S2+. The van der Waals surface area contributed by atoms with Crippen molar-refractivity contribution in [1.29, 1.82) is 0 Å². The van der Waals surface area contributed by atoms with Gasteiger partial charge in [-0.25, -0.2) is 8.78 Å². The molecule has 15 heteroatoms. The Kier molecular flexibility index (Phi) is 14.6. The van der Waals surface area contributed by atoms with Crippen molar-refractivity contribution in [2.75, 3.05) is 23.0 Å². The molecule has 3 aromatic rings. The fraction of sp³-hybridized carbons (Fsp3) is 0.436. The van der Waals surface area contributed by atoms with Crippen LogP contribution in [-0.2, 0) is 37.0 Å². The largest absolute Gasteiger partial charge is 0.481 e. The van der Waals surface area contributed by atoms with E-state index in [9.17, 15) is 30.7 Å². The molecule has 1 aliphatic heterocycles. The molecule has 4 rings (SSSR count). The maximum absolute atomic E-state index is 16.3. The number of benzene rings is 2. The van der Waals surface area contributed by atoms with Crippen LogP contribution in [0.1, 0.15) is 87.1 Å². The van der Waals surface area contributed by atoms with E-state index >= 15 is 8.78 Å². The Bertz CT molecular complexity index is 2190. The van der Waals surface area contributed by atoms with Crippen molar-refractivity contribution in [2.24, 2.45) is 0 Å². The van der Waals surface area contributed by atoms with E-state index in [0.717, 1.165) is 16.6 Å². The second-order valence-electron chi connectivity index (χ2n) is 13.9. The number of carboxylic acids is 1. The van der Waals surface area contributed by atoms with E-state index in [1.165, 1.54) is 13.8 Å². The van der Waals surface area contributed by atoms with Gasteiger partial charge in [0, 0.05) is 64.7 Å². The first-order chi connectivity index (χ1) is 25.3. The molecule has 2 aromatic carbocycles. The topological polar surface area (TPSA) is 153 Å². The number of anilines is 1. The van der Waals surface area contributed by atoms with Crippen molar-refractivity contribution in [3.05, 3.63) is 99.4 Å². The molecule has 1 aliphatic rings. The van der Waals surface area contributed by atoms with Crippen LogP contribution in [0.5, 0.6) is 0 Å². The normalized spacial score (nSPS) is 17.1. The van der Waals surface area contributed by atoms with Crippen molar-refractivity contribution in [3.63, 3.8) is 0 Å². The van der Waals surface area contributed by atoms with Crippen molar-refractivity contribution < 1.29 is 49.2 Å². The minimum atomic E-state index is -4.21. The quantitative estimate of drug-likeness (QED) is 0.0470. The van der Waals surface area contributed by atoms with E-state index in [0.29, 0.717) is 55.9 Å². The third-order valence-corrected chi connectivity index (χ3v) is 11.8. The number of pyridine rings is 1. The average molecular weight is 810 g/mol. The number of halogens is 3. The molecule has 1 atom stereocenters. The van der Waals surface area contributed by atoms with Gasteiger partial charge in [0.05, 0.1) is 17.2 Å². The summed E-state index contributed by atoms with van der Waals surface area (Å²) in [6.07, 6.45) is 11.9. The van der Waals surface area contributed by atoms with Crippen molar-refractivity contribution in [1.82, 2.24) is 0 Å². The highest BCUT2D eigenvalue weighted by atomic mass is 35.5. The summed E-state index contributed by atoms with van der Waals surface area (Å²) in [4.78, 5) is 12.8. The van der Waals surface area contributed by atoms with Gasteiger partial charge in [-0.15, -0.1) is 0 Å². The van der Waals surface area contributed by atoms with Crippen LogP contribution < -0.4 is 9.47 Å². The monoisotopic (exact) mass is 809 g/mol. The van der Waals surface area contributed by atoms with Gasteiger partial charge in [0.1, 0.15) is 12.4 Å². The summed E-state index contributed by atoms with van der Waals surface area (Å²) in [5.41, 5.74) is 1.82. The van der Waals surface area contributed by atoms with E-state index in [4.69, 9.17) is 16.7 Å². The van der Waals surface area contributed by atoms with Gasteiger partial charge in [-0.1, -0.05) is 42.7 Å². The predicted molar refractivity (Wildman–Crippen MR) is 208 cm³/mol. The molecule has 294 valence electrons. The Morgan fingerprint density at radius 1 is 0.870 bits per heavy atom. The van der Waals surface area contributed by atoms with Crippen LogP contribution in [0.2, 0.25) is 5.02 Å². The van der Waals surface area contributed by atoms with Crippen LogP contribution in [0.4, 0.5) is 14.5 Å². The number of nitrogens with zero attached hydrogens (tertiary/aromatic N) is 2.